The van der Waals surface area contributed by atoms with Crippen LogP contribution in [0.4, 0.5) is 15.0 Å². The van der Waals surface area contributed by atoms with Gasteiger partial charge in [-0.2, -0.15) is 0 Å². The molecule has 1 unspecified atom stereocenters. The highest BCUT2D eigenvalue weighted by Crippen LogP contribution is 2.23. The van der Waals surface area contributed by atoms with E-state index in [2.05, 4.69) is 10.3 Å². The minimum absolute atomic E-state index is 0.108. The lowest BCUT2D eigenvalue weighted by Gasteiger charge is -2.34. The maximum Gasteiger partial charge on any atom is 0.407 e. The first-order valence-corrected chi connectivity index (χ1v) is 7.69. The molecule has 2 heterocycles. The lowest BCUT2D eigenvalue weighted by Crippen LogP contribution is -2.49. The molecule has 0 aliphatic carbocycles. The molecule has 0 bridgehead atoms. The Morgan fingerprint density at radius 3 is 2.91 bits per heavy atom. The summed E-state index contributed by atoms with van der Waals surface area (Å²) in [7, 11) is 0. The van der Waals surface area contributed by atoms with Crippen molar-refractivity contribution in [2.24, 2.45) is 0 Å². The summed E-state index contributed by atoms with van der Waals surface area (Å²) in [6.07, 6.45) is 1.19. The Bertz CT molecular complexity index is 548. The summed E-state index contributed by atoms with van der Waals surface area (Å²) < 4.78 is 19.1. The number of nitrogens with zero attached hydrogens (tertiary/aromatic N) is 2. The Morgan fingerprint density at radius 2 is 2.23 bits per heavy atom. The van der Waals surface area contributed by atoms with Crippen LogP contribution in [-0.4, -0.2) is 35.8 Å². The Balaban J connectivity index is 2.00. The highest BCUT2D eigenvalue weighted by molar-refractivity contribution is 6.29. The number of pyridine rings is 1. The van der Waals surface area contributed by atoms with Gasteiger partial charge >= 0.3 is 6.09 Å². The van der Waals surface area contributed by atoms with E-state index in [4.69, 9.17) is 16.3 Å². The molecule has 5 nitrogen and oxygen atoms in total. The molecule has 1 aromatic heterocycles. The molecule has 7 heteroatoms. The zero-order valence-corrected chi connectivity index (χ0v) is 13.8. The number of aromatic nitrogens is 1. The molecule has 1 amide bonds. The van der Waals surface area contributed by atoms with Crippen LogP contribution in [0.25, 0.3) is 0 Å². The number of carbonyl (C=O) groups excluding carboxylic acids is 1. The predicted molar refractivity (Wildman–Crippen MR) is 83.8 cm³/mol. The molecule has 22 heavy (non-hydrogen) atoms. The lowest BCUT2D eigenvalue weighted by molar-refractivity contribution is 0.0500. The number of ether oxygens (including phenoxy) is 1. The maximum absolute atomic E-state index is 13.9. The van der Waals surface area contributed by atoms with E-state index in [0.29, 0.717) is 13.1 Å². The number of anilines is 1. The molecule has 0 saturated carbocycles. The first kappa shape index (κ1) is 16.8. The van der Waals surface area contributed by atoms with E-state index >= 15 is 0 Å². The number of hydrogen-bond donors (Lipinski definition) is 1. The molecule has 2 rings (SSSR count). The van der Waals surface area contributed by atoms with Crippen LogP contribution < -0.4 is 10.2 Å². The van der Waals surface area contributed by atoms with Crippen LogP contribution in [0.15, 0.2) is 12.1 Å². The zero-order valence-electron chi connectivity index (χ0n) is 13.0. The van der Waals surface area contributed by atoms with Gasteiger partial charge in [0, 0.05) is 19.1 Å². The minimum atomic E-state index is -0.543. The Hall–Kier alpha value is -1.56. The fourth-order valence-corrected chi connectivity index (χ4v) is 2.53. The number of hydrogen-bond acceptors (Lipinski definition) is 4. The van der Waals surface area contributed by atoms with E-state index < -0.39 is 17.5 Å². The standard InChI is InChI=1S/C15H21ClFN3O2/c1-15(2,3)22-14(21)18-10-5-4-8-20(9-10)13-11(17)6-7-12(16)19-13/h6-7,10H,4-5,8-9H2,1-3H3,(H,18,21). The number of alkyl carbamates (subject to hydrolysis) is 1. The van der Waals surface area contributed by atoms with Gasteiger partial charge in [-0.1, -0.05) is 11.6 Å². The molecule has 1 aromatic rings. The highest BCUT2D eigenvalue weighted by Gasteiger charge is 2.26. The number of rotatable bonds is 2. The summed E-state index contributed by atoms with van der Waals surface area (Å²) in [4.78, 5) is 17.7. The van der Waals surface area contributed by atoms with Crippen molar-refractivity contribution in [1.29, 1.82) is 0 Å². The average Bonchev–Trinajstić information content (AvgIpc) is 2.39. The highest BCUT2D eigenvalue weighted by atomic mass is 35.5. The van der Waals surface area contributed by atoms with Crippen molar-refractivity contribution in [2.45, 2.75) is 45.3 Å². The van der Waals surface area contributed by atoms with Crippen LogP contribution >= 0.6 is 11.6 Å². The molecule has 1 N–H and O–H groups in total. The van der Waals surface area contributed by atoms with Crippen LogP contribution in [0, 0.1) is 5.82 Å². The van der Waals surface area contributed by atoms with Gasteiger partial charge in [-0.05, 0) is 45.7 Å². The Morgan fingerprint density at radius 1 is 1.50 bits per heavy atom. The Labute approximate surface area is 134 Å². The third-order valence-electron chi connectivity index (χ3n) is 3.24. The van der Waals surface area contributed by atoms with Crippen LogP contribution in [0.1, 0.15) is 33.6 Å². The summed E-state index contributed by atoms with van der Waals surface area (Å²) in [5.74, 6) is -0.189. The van der Waals surface area contributed by atoms with Gasteiger partial charge in [-0.25, -0.2) is 14.2 Å². The molecule has 122 valence electrons. The molecule has 0 aromatic carbocycles. The maximum atomic E-state index is 13.9. The van der Waals surface area contributed by atoms with E-state index in [9.17, 15) is 9.18 Å². The van der Waals surface area contributed by atoms with Gasteiger partial charge in [0.1, 0.15) is 10.8 Å². The van der Waals surface area contributed by atoms with Crippen molar-refractivity contribution in [1.82, 2.24) is 10.3 Å². The first-order valence-electron chi connectivity index (χ1n) is 7.31. The van der Waals surface area contributed by atoms with Crippen LogP contribution in [0.3, 0.4) is 0 Å². The second-order valence-electron chi connectivity index (χ2n) is 6.37. The third kappa shape index (κ3) is 4.73. The second-order valence-corrected chi connectivity index (χ2v) is 6.76. The normalized spacial score (nSPS) is 19.0. The molecule has 1 aliphatic heterocycles. The topological polar surface area (TPSA) is 54.5 Å². The fourth-order valence-electron chi connectivity index (χ4n) is 2.39. The van der Waals surface area contributed by atoms with E-state index in [1.165, 1.54) is 12.1 Å². The van der Waals surface area contributed by atoms with E-state index in [1.807, 2.05) is 20.8 Å². The second kappa shape index (κ2) is 6.69. The SMILES string of the molecule is CC(C)(C)OC(=O)NC1CCCN(c2nc(Cl)ccc2F)C1. The molecular formula is C15H21ClFN3O2. The van der Waals surface area contributed by atoms with Crippen molar-refractivity contribution in [3.8, 4) is 0 Å². The number of amides is 1. The van der Waals surface area contributed by atoms with Crippen LogP contribution in [0.5, 0.6) is 0 Å². The smallest absolute Gasteiger partial charge is 0.407 e. The lowest BCUT2D eigenvalue weighted by atomic mass is 10.1. The first-order chi connectivity index (χ1) is 10.2. The van der Waals surface area contributed by atoms with E-state index in [0.717, 1.165) is 12.8 Å². The van der Waals surface area contributed by atoms with Gasteiger partial charge in [0.05, 0.1) is 0 Å². The van der Waals surface area contributed by atoms with Gasteiger partial charge in [0.15, 0.2) is 11.6 Å². The van der Waals surface area contributed by atoms with Crippen molar-refractivity contribution in [2.75, 3.05) is 18.0 Å². The predicted octanol–water partition coefficient (Wildman–Crippen LogP) is 3.37. The van der Waals surface area contributed by atoms with Crippen molar-refractivity contribution < 1.29 is 13.9 Å². The van der Waals surface area contributed by atoms with Gasteiger partial charge in [-0.15, -0.1) is 0 Å². The summed E-state index contributed by atoms with van der Waals surface area (Å²) in [6.45, 7) is 6.58. The summed E-state index contributed by atoms with van der Waals surface area (Å²) in [6, 6.07) is 2.61. The Kier molecular flexibility index (Phi) is 5.11. The molecule has 0 spiro atoms. The number of carbonyl (C=O) groups is 1. The summed E-state index contributed by atoms with van der Waals surface area (Å²) in [5, 5.41) is 3.07. The van der Waals surface area contributed by atoms with Gasteiger partial charge in [0.25, 0.3) is 0 Å². The molecule has 0 radical (unpaired) electrons. The van der Waals surface area contributed by atoms with Crippen molar-refractivity contribution in [3.63, 3.8) is 0 Å². The van der Waals surface area contributed by atoms with Gasteiger partial charge in [0.2, 0.25) is 0 Å². The molecule has 1 fully saturated rings. The fraction of sp³-hybridized carbons (Fsp3) is 0.600. The van der Waals surface area contributed by atoms with Crippen LogP contribution in [-0.2, 0) is 4.74 Å². The average molecular weight is 330 g/mol. The largest absolute Gasteiger partial charge is 0.444 e. The van der Waals surface area contributed by atoms with Crippen LogP contribution in [0.2, 0.25) is 5.15 Å². The zero-order chi connectivity index (χ0) is 16.3. The van der Waals surface area contributed by atoms with Gasteiger partial charge in [-0.3, -0.25) is 0 Å². The van der Waals surface area contributed by atoms with Crippen molar-refractivity contribution >= 4 is 23.5 Å². The number of halogens is 2. The van der Waals surface area contributed by atoms with Gasteiger partial charge < -0.3 is 15.0 Å². The molecule has 1 aliphatic rings. The van der Waals surface area contributed by atoms with Crippen molar-refractivity contribution in [3.05, 3.63) is 23.1 Å². The summed E-state index contributed by atoms with van der Waals surface area (Å²) in [5.41, 5.74) is -0.543. The van der Waals surface area contributed by atoms with E-state index in [-0.39, 0.29) is 17.0 Å². The monoisotopic (exact) mass is 329 g/mol. The molecule has 1 saturated heterocycles. The minimum Gasteiger partial charge on any atom is -0.444 e. The summed E-state index contributed by atoms with van der Waals surface area (Å²) >= 11 is 5.84. The molecular weight excluding hydrogens is 309 g/mol. The quantitative estimate of drug-likeness (QED) is 0.845. The number of nitrogens with one attached hydrogen (secondary N) is 1. The molecule has 1 atom stereocenters. The third-order valence-corrected chi connectivity index (χ3v) is 3.45. The number of piperidine rings is 1. The van der Waals surface area contributed by atoms with E-state index in [1.54, 1.807) is 4.90 Å².